The number of pyridine rings is 1. The van der Waals surface area contributed by atoms with E-state index in [4.69, 9.17) is 15.3 Å². The summed E-state index contributed by atoms with van der Waals surface area (Å²) in [4.78, 5) is 24.0. The van der Waals surface area contributed by atoms with Crippen molar-refractivity contribution in [2.24, 2.45) is 10.9 Å². The van der Waals surface area contributed by atoms with Crippen LogP contribution in [-0.4, -0.2) is 39.8 Å². The second kappa shape index (κ2) is 9.73. The van der Waals surface area contributed by atoms with Gasteiger partial charge < -0.3 is 20.2 Å². The number of oxime groups is 1. The number of amides is 1. The Bertz CT molecular complexity index is 798. The summed E-state index contributed by atoms with van der Waals surface area (Å²) in [5, 5.41) is 3.95. The lowest BCUT2D eigenvalue weighted by atomic mass is 10.2. The van der Waals surface area contributed by atoms with Crippen molar-refractivity contribution in [1.82, 2.24) is 9.88 Å². The molecule has 1 amide bonds. The van der Waals surface area contributed by atoms with Crippen LogP contribution in [0, 0.1) is 0 Å². The molecule has 0 fully saturated rings. The smallest absolute Gasteiger partial charge is 0.266 e. The fourth-order valence-electron chi connectivity index (χ4n) is 2.81. The van der Waals surface area contributed by atoms with Crippen molar-refractivity contribution in [3.63, 3.8) is 0 Å². The number of carbonyl (C=O) groups excluding carboxylic acids is 1. The topological polar surface area (TPSA) is 90.0 Å². The van der Waals surface area contributed by atoms with Crippen LogP contribution in [0.3, 0.4) is 0 Å². The first-order chi connectivity index (χ1) is 13.3. The highest BCUT2D eigenvalue weighted by molar-refractivity contribution is 5.99. The molecule has 2 aromatic rings. The average molecular weight is 384 g/mol. The molecule has 0 bridgehead atoms. The summed E-state index contributed by atoms with van der Waals surface area (Å²) in [5.74, 6) is 0.876. The van der Waals surface area contributed by atoms with Crippen molar-refractivity contribution in [1.29, 1.82) is 0 Å². The molecular formula is C21H28N4O3. The van der Waals surface area contributed by atoms with E-state index in [1.165, 1.54) is 0 Å². The van der Waals surface area contributed by atoms with E-state index in [0.29, 0.717) is 17.2 Å². The van der Waals surface area contributed by atoms with Crippen LogP contribution in [0.1, 0.15) is 40.2 Å². The van der Waals surface area contributed by atoms with E-state index in [2.05, 4.69) is 10.1 Å². The Hall–Kier alpha value is -3.09. The quantitative estimate of drug-likeness (QED) is 0.427. The number of amidine groups is 1. The SMILES string of the molecule is CC(O/N=C(/N)c1cccnc1Oc1ccccc1)C(=O)N(C(C)C)C(C)C. The van der Waals surface area contributed by atoms with Gasteiger partial charge in [0.15, 0.2) is 5.84 Å². The van der Waals surface area contributed by atoms with E-state index < -0.39 is 6.10 Å². The summed E-state index contributed by atoms with van der Waals surface area (Å²) in [5.41, 5.74) is 6.56. The molecule has 0 saturated heterocycles. The molecule has 1 aromatic carbocycles. The third-order valence-electron chi connectivity index (χ3n) is 4.03. The molecule has 7 heteroatoms. The third kappa shape index (κ3) is 5.45. The van der Waals surface area contributed by atoms with Crippen molar-refractivity contribution >= 4 is 11.7 Å². The maximum absolute atomic E-state index is 12.6. The second-order valence-electron chi connectivity index (χ2n) is 6.93. The third-order valence-corrected chi connectivity index (χ3v) is 4.03. The van der Waals surface area contributed by atoms with Gasteiger partial charge in [-0.15, -0.1) is 0 Å². The fourth-order valence-corrected chi connectivity index (χ4v) is 2.81. The zero-order valence-corrected chi connectivity index (χ0v) is 17.0. The van der Waals surface area contributed by atoms with Gasteiger partial charge in [-0.3, -0.25) is 4.79 Å². The molecule has 0 aliphatic carbocycles. The molecular weight excluding hydrogens is 356 g/mol. The van der Waals surface area contributed by atoms with Crippen LogP contribution in [-0.2, 0) is 9.63 Å². The molecule has 0 aliphatic rings. The van der Waals surface area contributed by atoms with Gasteiger partial charge in [0.1, 0.15) is 5.75 Å². The monoisotopic (exact) mass is 384 g/mol. The summed E-state index contributed by atoms with van der Waals surface area (Å²) in [6, 6.07) is 12.8. The number of rotatable bonds is 8. The van der Waals surface area contributed by atoms with Gasteiger partial charge in [0.25, 0.3) is 5.91 Å². The Balaban J connectivity index is 2.14. The van der Waals surface area contributed by atoms with Crippen LogP contribution in [0.4, 0.5) is 0 Å². The van der Waals surface area contributed by atoms with Gasteiger partial charge in [-0.1, -0.05) is 23.4 Å². The summed E-state index contributed by atoms with van der Waals surface area (Å²) in [6.07, 6.45) is 0.837. The lowest BCUT2D eigenvalue weighted by Crippen LogP contribution is -2.46. The normalized spacial score (nSPS) is 12.8. The van der Waals surface area contributed by atoms with Gasteiger partial charge in [0, 0.05) is 18.3 Å². The summed E-state index contributed by atoms with van der Waals surface area (Å²) in [7, 11) is 0. The average Bonchev–Trinajstić information content (AvgIpc) is 2.66. The largest absolute Gasteiger partial charge is 0.438 e. The van der Waals surface area contributed by atoms with Gasteiger partial charge in [-0.05, 0) is 58.9 Å². The lowest BCUT2D eigenvalue weighted by molar-refractivity contribution is -0.146. The van der Waals surface area contributed by atoms with Crippen molar-refractivity contribution in [2.45, 2.75) is 52.8 Å². The van der Waals surface area contributed by atoms with Crippen LogP contribution < -0.4 is 10.5 Å². The van der Waals surface area contributed by atoms with E-state index in [-0.39, 0.29) is 23.8 Å². The lowest BCUT2D eigenvalue weighted by Gasteiger charge is -2.32. The van der Waals surface area contributed by atoms with Crippen LogP contribution in [0.15, 0.2) is 53.8 Å². The van der Waals surface area contributed by atoms with Crippen molar-refractivity contribution in [3.8, 4) is 11.6 Å². The second-order valence-corrected chi connectivity index (χ2v) is 6.93. The molecule has 2 rings (SSSR count). The highest BCUT2D eigenvalue weighted by Gasteiger charge is 2.26. The minimum Gasteiger partial charge on any atom is -0.438 e. The molecule has 0 aliphatic heterocycles. The number of nitrogens with two attached hydrogens (primary N) is 1. The highest BCUT2D eigenvalue weighted by Crippen LogP contribution is 2.22. The molecule has 7 nitrogen and oxygen atoms in total. The fraction of sp³-hybridized carbons (Fsp3) is 0.381. The number of aromatic nitrogens is 1. The summed E-state index contributed by atoms with van der Waals surface area (Å²) >= 11 is 0. The van der Waals surface area contributed by atoms with E-state index in [0.717, 1.165) is 0 Å². The van der Waals surface area contributed by atoms with Crippen molar-refractivity contribution < 1.29 is 14.4 Å². The standard InChI is InChI=1S/C21H28N4O3/c1-14(2)25(15(3)4)21(26)16(5)28-24-19(22)18-12-9-13-23-20(18)27-17-10-7-6-8-11-17/h6-16H,1-5H3,(H2,22,24). The maximum Gasteiger partial charge on any atom is 0.266 e. The van der Waals surface area contributed by atoms with Crippen LogP contribution in [0.5, 0.6) is 11.6 Å². The minimum atomic E-state index is -0.765. The van der Waals surface area contributed by atoms with Crippen LogP contribution in [0.2, 0.25) is 0 Å². The predicted octanol–water partition coefficient (Wildman–Crippen LogP) is 3.54. The Morgan fingerprint density at radius 2 is 1.68 bits per heavy atom. The van der Waals surface area contributed by atoms with E-state index in [1.807, 2.05) is 58.0 Å². The number of carbonyl (C=O) groups is 1. The number of hydrogen-bond acceptors (Lipinski definition) is 5. The van der Waals surface area contributed by atoms with E-state index in [1.54, 1.807) is 30.2 Å². The molecule has 1 aromatic heterocycles. The van der Waals surface area contributed by atoms with Gasteiger partial charge in [-0.2, -0.15) is 0 Å². The first kappa shape index (κ1) is 21.2. The zero-order valence-electron chi connectivity index (χ0n) is 17.0. The molecule has 1 atom stereocenters. The molecule has 0 radical (unpaired) electrons. The van der Waals surface area contributed by atoms with Gasteiger partial charge in [0.05, 0.1) is 5.56 Å². The molecule has 0 saturated carbocycles. The van der Waals surface area contributed by atoms with Crippen molar-refractivity contribution in [3.05, 3.63) is 54.2 Å². The Morgan fingerprint density at radius 1 is 1.04 bits per heavy atom. The van der Waals surface area contributed by atoms with Crippen LogP contribution >= 0.6 is 0 Å². The zero-order chi connectivity index (χ0) is 20.7. The first-order valence-electron chi connectivity index (χ1n) is 9.31. The van der Waals surface area contributed by atoms with E-state index in [9.17, 15) is 4.79 Å². The number of para-hydroxylation sites is 1. The summed E-state index contributed by atoms with van der Waals surface area (Å²) < 4.78 is 5.78. The highest BCUT2D eigenvalue weighted by atomic mass is 16.6. The minimum absolute atomic E-state index is 0.0593. The molecule has 1 unspecified atom stereocenters. The van der Waals surface area contributed by atoms with Crippen molar-refractivity contribution in [2.75, 3.05) is 0 Å². The Labute approximate surface area is 166 Å². The molecule has 150 valence electrons. The van der Waals surface area contributed by atoms with Crippen LogP contribution in [0.25, 0.3) is 0 Å². The van der Waals surface area contributed by atoms with Gasteiger partial charge in [-0.25, -0.2) is 4.98 Å². The number of ether oxygens (including phenoxy) is 1. The van der Waals surface area contributed by atoms with E-state index >= 15 is 0 Å². The first-order valence-corrected chi connectivity index (χ1v) is 9.31. The van der Waals surface area contributed by atoms with Gasteiger partial charge >= 0.3 is 0 Å². The Kier molecular flexibility index (Phi) is 7.37. The maximum atomic E-state index is 12.6. The summed E-state index contributed by atoms with van der Waals surface area (Å²) in [6.45, 7) is 9.51. The predicted molar refractivity (Wildman–Crippen MR) is 109 cm³/mol. The molecule has 0 spiro atoms. The molecule has 28 heavy (non-hydrogen) atoms. The number of nitrogens with zero attached hydrogens (tertiary/aromatic N) is 3. The van der Waals surface area contributed by atoms with Gasteiger partial charge in [0.2, 0.25) is 12.0 Å². The number of hydrogen-bond donors (Lipinski definition) is 1. The molecule has 2 N–H and O–H groups in total. The Morgan fingerprint density at radius 3 is 2.29 bits per heavy atom. The number of benzene rings is 1. The molecule has 1 heterocycles.